The lowest BCUT2D eigenvalue weighted by Gasteiger charge is -2.19. The van der Waals surface area contributed by atoms with Crippen LogP contribution in [-0.2, 0) is 15.3 Å². The van der Waals surface area contributed by atoms with Crippen molar-refractivity contribution in [3.63, 3.8) is 0 Å². The van der Waals surface area contributed by atoms with Crippen molar-refractivity contribution >= 4 is 11.3 Å². The summed E-state index contributed by atoms with van der Waals surface area (Å²) in [7, 11) is 0. The molecule has 64 valence electrons. The first kappa shape index (κ1) is 7.61. The van der Waals surface area contributed by atoms with Crippen molar-refractivity contribution in [3.05, 3.63) is 28.6 Å². The topological polar surface area (TPSA) is 31.4 Å². The fourth-order valence-corrected chi connectivity index (χ4v) is 1.85. The number of nitrogens with zero attached hydrogens (tertiary/aromatic N) is 1. The molecule has 4 heteroatoms. The van der Waals surface area contributed by atoms with E-state index in [0.717, 1.165) is 10.7 Å². The van der Waals surface area contributed by atoms with Crippen molar-refractivity contribution in [3.8, 4) is 0 Å². The van der Waals surface area contributed by atoms with E-state index in [2.05, 4.69) is 4.98 Å². The molecule has 0 bridgehead atoms. The molecule has 1 aliphatic rings. The largest absolute Gasteiger partial charge is 0.451 e. The monoisotopic (exact) mass is 183 g/mol. The van der Waals surface area contributed by atoms with E-state index in [1.165, 1.54) is 12.5 Å². The Balaban J connectivity index is 2.30. The molecule has 0 saturated heterocycles. The predicted molar refractivity (Wildman–Crippen MR) is 45.5 cm³/mol. The minimum Gasteiger partial charge on any atom is -0.451 e. The lowest BCUT2D eigenvalue weighted by Crippen LogP contribution is -2.21. The molecule has 0 spiro atoms. The number of aromatic nitrogens is 1. The molecule has 12 heavy (non-hydrogen) atoms. The molecular weight excluding hydrogens is 174 g/mol. The van der Waals surface area contributed by atoms with E-state index in [0.29, 0.717) is 0 Å². The Morgan fingerprint density at radius 2 is 2.08 bits per heavy atom. The van der Waals surface area contributed by atoms with Gasteiger partial charge in [0.05, 0.1) is 0 Å². The molecule has 0 N–H and O–H groups in total. The van der Waals surface area contributed by atoms with Crippen molar-refractivity contribution in [1.29, 1.82) is 0 Å². The van der Waals surface area contributed by atoms with E-state index in [1.807, 2.05) is 19.2 Å². The van der Waals surface area contributed by atoms with Crippen LogP contribution < -0.4 is 0 Å². The average molecular weight is 183 g/mol. The van der Waals surface area contributed by atoms with Crippen molar-refractivity contribution in [1.82, 2.24) is 4.98 Å². The molecule has 2 heterocycles. The highest BCUT2D eigenvalue weighted by Crippen LogP contribution is 2.33. The van der Waals surface area contributed by atoms with Gasteiger partial charge in [0.1, 0.15) is 12.5 Å². The Bertz CT molecular complexity index is 311. The fourth-order valence-electron chi connectivity index (χ4n) is 1.01. The summed E-state index contributed by atoms with van der Waals surface area (Å²) in [5.41, 5.74) is 0.996. The second-order valence-corrected chi connectivity index (χ2v) is 3.61. The minimum absolute atomic E-state index is 0.696. The van der Waals surface area contributed by atoms with Crippen LogP contribution in [0.1, 0.15) is 17.6 Å². The van der Waals surface area contributed by atoms with Gasteiger partial charge in [0.25, 0.3) is 0 Å². The first-order valence-electron chi connectivity index (χ1n) is 3.64. The second kappa shape index (κ2) is 2.48. The highest BCUT2D eigenvalue weighted by atomic mass is 32.1. The minimum atomic E-state index is -0.696. The highest BCUT2D eigenvalue weighted by Gasteiger charge is 2.35. The average Bonchev–Trinajstić information content (AvgIpc) is 2.59. The Morgan fingerprint density at radius 1 is 1.42 bits per heavy atom. The smallest absolute Gasteiger partial charge is 0.300 e. The zero-order chi connectivity index (χ0) is 8.60. The Labute approximate surface area is 74.6 Å². The molecule has 3 nitrogen and oxygen atoms in total. The van der Waals surface area contributed by atoms with Crippen LogP contribution in [0, 0.1) is 6.92 Å². The van der Waals surface area contributed by atoms with Crippen LogP contribution in [0.25, 0.3) is 0 Å². The van der Waals surface area contributed by atoms with Crippen LogP contribution in [0.3, 0.4) is 0 Å². The summed E-state index contributed by atoms with van der Waals surface area (Å²) in [5.74, 6) is -0.696. The Morgan fingerprint density at radius 3 is 2.58 bits per heavy atom. The number of rotatable bonds is 1. The first-order valence-corrected chi connectivity index (χ1v) is 4.52. The molecule has 0 atom stereocenters. The number of ether oxygens (including phenoxy) is 2. The molecule has 1 aromatic rings. The molecule has 1 aliphatic heterocycles. The van der Waals surface area contributed by atoms with Gasteiger partial charge >= 0.3 is 5.79 Å². The zero-order valence-electron chi connectivity index (χ0n) is 6.90. The lowest BCUT2D eigenvalue weighted by molar-refractivity contribution is -0.133. The van der Waals surface area contributed by atoms with Gasteiger partial charge in [0, 0.05) is 18.0 Å². The van der Waals surface area contributed by atoms with Gasteiger partial charge in [-0.25, -0.2) is 4.98 Å². The summed E-state index contributed by atoms with van der Waals surface area (Å²) in [6.45, 7) is 3.80. The predicted octanol–water partition coefficient (Wildman–Crippen LogP) is 2.14. The summed E-state index contributed by atoms with van der Waals surface area (Å²) in [4.78, 5) is 4.29. The Hall–Kier alpha value is -1.03. The van der Waals surface area contributed by atoms with Crippen molar-refractivity contribution in [2.24, 2.45) is 0 Å². The van der Waals surface area contributed by atoms with Gasteiger partial charge in [-0.3, -0.25) is 0 Å². The van der Waals surface area contributed by atoms with Gasteiger partial charge in [0.15, 0.2) is 5.01 Å². The number of hydrogen-bond donors (Lipinski definition) is 0. The third-order valence-corrected chi connectivity index (χ3v) is 2.79. The second-order valence-electron chi connectivity index (χ2n) is 2.75. The standard InChI is InChI=1S/C8H9NO2S/c1-6-5-12-7(9-6)8(2)10-3-4-11-8/h3-5H,1-2H3. The van der Waals surface area contributed by atoms with Crippen LogP contribution in [0.5, 0.6) is 0 Å². The maximum absolute atomic E-state index is 5.28. The van der Waals surface area contributed by atoms with Gasteiger partial charge in [-0.2, -0.15) is 0 Å². The molecule has 0 aliphatic carbocycles. The van der Waals surface area contributed by atoms with E-state index in [-0.39, 0.29) is 0 Å². The van der Waals surface area contributed by atoms with E-state index in [4.69, 9.17) is 9.47 Å². The quantitative estimate of drug-likeness (QED) is 0.668. The highest BCUT2D eigenvalue weighted by molar-refractivity contribution is 7.09. The van der Waals surface area contributed by atoms with Gasteiger partial charge in [0.2, 0.25) is 0 Å². The SMILES string of the molecule is Cc1csc(C2(C)OC=CO2)n1. The molecule has 2 rings (SSSR count). The van der Waals surface area contributed by atoms with Crippen LogP contribution in [0.2, 0.25) is 0 Å². The fraction of sp³-hybridized carbons (Fsp3) is 0.375. The van der Waals surface area contributed by atoms with E-state index in [9.17, 15) is 0 Å². The van der Waals surface area contributed by atoms with Crippen molar-refractivity contribution in [2.75, 3.05) is 0 Å². The van der Waals surface area contributed by atoms with Crippen LogP contribution >= 0.6 is 11.3 Å². The summed E-state index contributed by atoms with van der Waals surface area (Å²) in [6, 6.07) is 0. The third kappa shape index (κ3) is 1.08. The number of hydrogen-bond acceptors (Lipinski definition) is 4. The molecular formula is C8H9NO2S. The lowest BCUT2D eigenvalue weighted by atomic mass is 10.3. The molecule has 0 aromatic carbocycles. The summed E-state index contributed by atoms with van der Waals surface area (Å²) >= 11 is 1.54. The van der Waals surface area contributed by atoms with Gasteiger partial charge in [-0.1, -0.05) is 0 Å². The van der Waals surface area contributed by atoms with Gasteiger partial charge in [-0.15, -0.1) is 11.3 Å². The van der Waals surface area contributed by atoms with Gasteiger partial charge in [-0.05, 0) is 6.92 Å². The maximum atomic E-state index is 5.28. The zero-order valence-corrected chi connectivity index (χ0v) is 7.72. The Kier molecular flexibility index (Phi) is 1.58. The molecule has 0 saturated carbocycles. The third-order valence-electron chi connectivity index (χ3n) is 1.65. The van der Waals surface area contributed by atoms with Gasteiger partial charge < -0.3 is 9.47 Å². The van der Waals surface area contributed by atoms with E-state index < -0.39 is 5.79 Å². The number of thiazole rings is 1. The van der Waals surface area contributed by atoms with E-state index >= 15 is 0 Å². The maximum Gasteiger partial charge on any atom is 0.300 e. The normalized spacial score (nSPS) is 18.8. The molecule has 0 radical (unpaired) electrons. The molecule has 1 aromatic heterocycles. The van der Waals surface area contributed by atoms with Crippen LogP contribution in [0.4, 0.5) is 0 Å². The first-order chi connectivity index (χ1) is 5.71. The number of aryl methyl sites for hydroxylation is 1. The molecule has 0 fully saturated rings. The van der Waals surface area contributed by atoms with E-state index in [1.54, 1.807) is 11.3 Å². The molecule has 0 amide bonds. The summed E-state index contributed by atoms with van der Waals surface area (Å²) in [6.07, 6.45) is 3.08. The van der Waals surface area contributed by atoms with Crippen LogP contribution in [0.15, 0.2) is 17.9 Å². The summed E-state index contributed by atoms with van der Waals surface area (Å²) in [5, 5.41) is 2.83. The summed E-state index contributed by atoms with van der Waals surface area (Å²) < 4.78 is 10.6. The van der Waals surface area contributed by atoms with Crippen molar-refractivity contribution in [2.45, 2.75) is 19.6 Å². The van der Waals surface area contributed by atoms with Crippen molar-refractivity contribution < 1.29 is 9.47 Å². The molecule has 0 unspecified atom stereocenters. The van der Waals surface area contributed by atoms with Crippen LogP contribution in [-0.4, -0.2) is 4.98 Å².